The molecule has 10 nitrogen and oxygen atoms in total. The summed E-state index contributed by atoms with van der Waals surface area (Å²) in [6.07, 6.45) is 7.87. The average molecular weight is 435 g/mol. The number of carbonyl (C=O) groups excluding carboxylic acids is 1. The number of carbonyl (C=O) groups is 1. The van der Waals surface area contributed by atoms with Gasteiger partial charge in [0.05, 0.1) is 24.5 Å². The summed E-state index contributed by atoms with van der Waals surface area (Å²) in [6.45, 7) is 5.83. The van der Waals surface area contributed by atoms with Gasteiger partial charge in [-0.25, -0.2) is 15.0 Å². The first-order valence-corrected chi connectivity index (χ1v) is 10.4. The Morgan fingerprint density at radius 2 is 2.16 bits per heavy atom. The Morgan fingerprint density at radius 3 is 2.91 bits per heavy atom. The van der Waals surface area contributed by atoms with Crippen LogP contribution in [0.25, 0.3) is 22.2 Å². The zero-order valence-electron chi connectivity index (χ0n) is 18.7. The van der Waals surface area contributed by atoms with E-state index in [4.69, 9.17) is 9.72 Å². The van der Waals surface area contributed by atoms with Crippen molar-refractivity contribution >= 4 is 34.3 Å². The summed E-state index contributed by atoms with van der Waals surface area (Å²) < 4.78 is 6.95. The number of hydrogen-bond donors (Lipinski definition) is 3. The van der Waals surface area contributed by atoms with Crippen molar-refractivity contribution in [3.8, 4) is 17.1 Å². The van der Waals surface area contributed by atoms with Gasteiger partial charge in [0.25, 0.3) is 5.88 Å². The molecule has 0 aliphatic carbocycles. The number of ether oxygens (including phenoxy) is 1. The van der Waals surface area contributed by atoms with E-state index in [2.05, 4.69) is 30.7 Å². The molecular weight excluding hydrogens is 408 g/mol. The number of nitrogens with zero attached hydrogens (tertiary/aromatic N) is 5. The summed E-state index contributed by atoms with van der Waals surface area (Å²) in [6, 6.07) is 1.90. The molecule has 3 N–H and O–H groups in total. The number of H-pyrrole nitrogens is 1. The van der Waals surface area contributed by atoms with Crippen LogP contribution in [0.3, 0.4) is 0 Å². The van der Waals surface area contributed by atoms with Crippen LogP contribution in [0.1, 0.15) is 25.8 Å². The van der Waals surface area contributed by atoms with Crippen molar-refractivity contribution in [1.82, 2.24) is 29.7 Å². The first-order chi connectivity index (χ1) is 15.4. The van der Waals surface area contributed by atoms with Gasteiger partial charge in [-0.15, -0.1) is 5.10 Å². The largest absolute Gasteiger partial charge is 0.478 e. The zero-order chi connectivity index (χ0) is 22.8. The fraction of sp³-hybridized carbons (Fsp3) is 0.318. The normalized spacial score (nSPS) is 12.0. The van der Waals surface area contributed by atoms with Crippen LogP contribution >= 0.6 is 0 Å². The monoisotopic (exact) mass is 434 g/mol. The summed E-state index contributed by atoms with van der Waals surface area (Å²) in [5.41, 5.74) is 3.99. The Balaban J connectivity index is 1.70. The van der Waals surface area contributed by atoms with Crippen molar-refractivity contribution in [2.45, 2.75) is 27.2 Å². The Hall–Kier alpha value is -3.95. The highest BCUT2D eigenvalue weighted by Gasteiger charge is 2.18. The minimum Gasteiger partial charge on any atom is -0.478 e. The first-order valence-electron chi connectivity index (χ1n) is 10.4. The van der Waals surface area contributed by atoms with Crippen molar-refractivity contribution in [3.63, 3.8) is 0 Å². The van der Waals surface area contributed by atoms with E-state index in [1.807, 2.05) is 40.1 Å². The van der Waals surface area contributed by atoms with Crippen LogP contribution in [0, 0.1) is 12.8 Å². The van der Waals surface area contributed by atoms with Gasteiger partial charge in [-0.05, 0) is 25.0 Å². The third kappa shape index (κ3) is 3.98. The molecule has 0 aromatic carbocycles. The minimum absolute atomic E-state index is 0.0567. The lowest BCUT2D eigenvalue weighted by atomic mass is 10.1. The number of methoxy groups -OCH3 is 1. The molecule has 10 heteroatoms. The summed E-state index contributed by atoms with van der Waals surface area (Å²) in [5.74, 6) is 1.23. The Bertz CT molecular complexity index is 1280. The number of fused-ring (bicyclic) bond motifs is 1. The molecule has 0 bridgehead atoms. The molecule has 0 spiro atoms. The predicted octanol–water partition coefficient (Wildman–Crippen LogP) is 3.80. The molecular formula is C22H26N8O2. The summed E-state index contributed by atoms with van der Waals surface area (Å²) >= 11 is 0. The molecule has 0 radical (unpaired) electrons. The molecule has 0 fully saturated rings. The Labute approximate surface area is 185 Å². The number of amides is 1. The molecule has 0 saturated heterocycles. The lowest BCUT2D eigenvalue weighted by Gasteiger charge is -2.10. The molecule has 0 unspecified atom stereocenters. The maximum atomic E-state index is 12.4. The maximum absolute atomic E-state index is 12.4. The van der Waals surface area contributed by atoms with Crippen molar-refractivity contribution in [3.05, 3.63) is 36.4 Å². The van der Waals surface area contributed by atoms with Crippen LogP contribution in [-0.2, 0) is 11.8 Å². The topological polar surface area (TPSA) is 123 Å². The van der Waals surface area contributed by atoms with Crippen molar-refractivity contribution < 1.29 is 9.53 Å². The fourth-order valence-electron chi connectivity index (χ4n) is 3.37. The minimum atomic E-state index is -0.0938. The van der Waals surface area contributed by atoms with Crippen LogP contribution in [-0.4, -0.2) is 42.7 Å². The molecule has 4 aromatic rings. The smallest absolute Gasteiger partial charge is 0.256 e. The van der Waals surface area contributed by atoms with Crippen LogP contribution in [0.5, 0.6) is 5.88 Å². The molecule has 166 valence electrons. The van der Waals surface area contributed by atoms with Gasteiger partial charge in [-0.1, -0.05) is 13.8 Å². The summed E-state index contributed by atoms with van der Waals surface area (Å²) in [5, 5.41) is 11.2. The van der Waals surface area contributed by atoms with E-state index in [0.29, 0.717) is 23.3 Å². The lowest BCUT2D eigenvalue weighted by molar-refractivity contribution is -0.119. The molecule has 4 aromatic heterocycles. The number of aromatic amines is 1. The number of aromatic nitrogens is 6. The van der Waals surface area contributed by atoms with Gasteiger partial charge in [0.15, 0.2) is 5.82 Å². The highest BCUT2D eigenvalue weighted by atomic mass is 16.5. The third-order valence-electron chi connectivity index (χ3n) is 5.37. The molecule has 1 amide bonds. The van der Waals surface area contributed by atoms with Crippen molar-refractivity contribution in [1.29, 1.82) is 0 Å². The standard InChI is InChI=1S/C22H26N8O2/c1-6-12(2)20(31)28-19-18-14(7-8-23-19)15(10-24-18)17-13(3)9-25-22(27-17)26-16-11-30(4)29-21(16)32-5/h7-12,24H,6H2,1-5H3,(H,23,28,31)(H,25,26,27)/t12-/m0/s1. The number of pyridine rings is 1. The van der Waals surface area contributed by atoms with Crippen LogP contribution < -0.4 is 15.4 Å². The highest BCUT2D eigenvalue weighted by molar-refractivity contribution is 6.04. The highest BCUT2D eigenvalue weighted by Crippen LogP contribution is 2.33. The van der Waals surface area contributed by atoms with E-state index in [-0.39, 0.29) is 11.8 Å². The lowest BCUT2D eigenvalue weighted by Crippen LogP contribution is -2.20. The number of rotatable bonds is 7. The van der Waals surface area contributed by atoms with Crippen molar-refractivity contribution in [2.75, 3.05) is 17.7 Å². The van der Waals surface area contributed by atoms with Gasteiger partial charge in [0.2, 0.25) is 11.9 Å². The molecule has 4 heterocycles. The van der Waals surface area contributed by atoms with E-state index in [1.165, 1.54) is 0 Å². The van der Waals surface area contributed by atoms with Gasteiger partial charge in [0, 0.05) is 42.5 Å². The summed E-state index contributed by atoms with van der Waals surface area (Å²) in [7, 11) is 3.37. The summed E-state index contributed by atoms with van der Waals surface area (Å²) in [4.78, 5) is 29.1. The van der Waals surface area contributed by atoms with Gasteiger partial charge in [-0.2, -0.15) is 0 Å². The third-order valence-corrected chi connectivity index (χ3v) is 5.37. The molecule has 0 saturated carbocycles. The van der Waals surface area contributed by atoms with Crippen LogP contribution in [0.15, 0.2) is 30.9 Å². The van der Waals surface area contributed by atoms with E-state index in [9.17, 15) is 4.79 Å². The number of aryl methyl sites for hydroxylation is 2. The van der Waals surface area contributed by atoms with Crippen LogP contribution in [0.2, 0.25) is 0 Å². The average Bonchev–Trinajstić information content (AvgIpc) is 3.38. The predicted molar refractivity (Wildman–Crippen MR) is 123 cm³/mol. The first kappa shape index (κ1) is 21.3. The van der Waals surface area contributed by atoms with E-state index in [1.54, 1.807) is 30.4 Å². The van der Waals surface area contributed by atoms with Gasteiger partial charge in [0.1, 0.15) is 5.69 Å². The van der Waals surface area contributed by atoms with Gasteiger partial charge < -0.3 is 20.4 Å². The van der Waals surface area contributed by atoms with Gasteiger partial charge >= 0.3 is 0 Å². The molecule has 1 atom stereocenters. The zero-order valence-corrected chi connectivity index (χ0v) is 18.7. The Morgan fingerprint density at radius 1 is 1.34 bits per heavy atom. The molecule has 32 heavy (non-hydrogen) atoms. The SMILES string of the molecule is CC[C@H](C)C(=O)Nc1nccc2c(-c3nc(Nc4cn(C)nc4OC)ncc3C)c[nH]c12. The van der Waals surface area contributed by atoms with E-state index in [0.717, 1.165) is 34.1 Å². The number of nitrogens with one attached hydrogen (secondary N) is 3. The Kier molecular flexibility index (Phi) is 5.76. The maximum Gasteiger partial charge on any atom is 0.256 e. The van der Waals surface area contributed by atoms with Gasteiger partial charge in [-0.3, -0.25) is 9.48 Å². The molecule has 0 aliphatic heterocycles. The second-order valence-corrected chi connectivity index (χ2v) is 7.66. The van der Waals surface area contributed by atoms with E-state index < -0.39 is 0 Å². The second kappa shape index (κ2) is 8.66. The van der Waals surface area contributed by atoms with E-state index >= 15 is 0 Å². The molecule has 0 aliphatic rings. The quantitative estimate of drug-likeness (QED) is 0.404. The van der Waals surface area contributed by atoms with Crippen LogP contribution in [0.4, 0.5) is 17.5 Å². The molecule has 4 rings (SSSR count). The fourth-order valence-corrected chi connectivity index (χ4v) is 3.37. The second-order valence-electron chi connectivity index (χ2n) is 7.66. The number of hydrogen-bond acceptors (Lipinski definition) is 7. The number of anilines is 3. The van der Waals surface area contributed by atoms with Crippen molar-refractivity contribution in [2.24, 2.45) is 13.0 Å².